The fourth-order valence-corrected chi connectivity index (χ4v) is 1.59. The number of halogens is 2. The number of hydrogen-bond donors (Lipinski definition) is 2. The molecule has 1 aromatic carbocycles. The van der Waals surface area contributed by atoms with Crippen LogP contribution in [0.2, 0.25) is 0 Å². The van der Waals surface area contributed by atoms with Gasteiger partial charge in [0.15, 0.2) is 11.6 Å². The van der Waals surface area contributed by atoms with Crippen molar-refractivity contribution in [1.29, 1.82) is 0 Å². The van der Waals surface area contributed by atoms with Gasteiger partial charge in [0.25, 0.3) is 0 Å². The quantitative estimate of drug-likeness (QED) is 0.831. The van der Waals surface area contributed by atoms with Crippen molar-refractivity contribution in [2.24, 2.45) is 0 Å². The van der Waals surface area contributed by atoms with Gasteiger partial charge in [0, 0.05) is 6.61 Å². The van der Waals surface area contributed by atoms with Crippen molar-refractivity contribution in [3.05, 3.63) is 29.8 Å². The van der Waals surface area contributed by atoms with Crippen LogP contribution in [0.15, 0.2) is 18.2 Å². The fourth-order valence-electron chi connectivity index (χ4n) is 1.59. The molecule has 6 heteroatoms. The van der Waals surface area contributed by atoms with Crippen molar-refractivity contribution in [2.75, 3.05) is 18.5 Å². The first-order valence-corrected chi connectivity index (χ1v) is 5.26. The van der Waals surface area contributed by atoms with Crippen LogP contribution >= 0.6 is 0 Å². The Morgan fingerprint density at radius 3 is 2.94 bits per heavy atom. The third-order valence-electron chi connectivity index (χ3n) is 2.46. The summed E-state index contributed by atoms with van der Waals surface area (Å²) in [7, 11) is 0. The highest BCUT2D eigenvalue weighted by atomic mass is 19.2. The standard InChI is InChI=1S/C11H12F2N2O2/c12-8-2-1-3-9(10(8)13)15-11(16)14-7-4-5-17-6-7/h1-3,7H,4-6H2,(H2,14,15,16). The molecular weight excluding hydrogens is 230 g/mol. The molecule has 0 bridgehead atoms. The molecule has 1 atom stereocenters. The maximum atomic E-state index is 13.2. The minimum Gasteiger partial charge on any atom is -0.379 e. The second-order valence-corrected chi connectivity index (χ2v) is 3.76. The summed E-state index contributed by atoms with van der Waals surface area (Å²) in [6, 6.07) is 2.97. The van der Waals surface area contributed by atoms with Gasteiger partial charge in [-0.3, -0.25) is 0 Å². The van der Waals surface area contributed by atoms with Crippen LogP contribution in [0.5, 0.6) is 0 Å². The molecule has 0 aromatic heterocycles. The van der Waals surface area contributed by atoms with Crippen LogP contribution in [0, 0.1) is 11.6 Å². The smallest absolute Gasteiger partial charge is 0.319 e. The molecule has 1 aliphatic rings. The van der Waals surface area contributed by atoms with Crippen LogP contribution in [0.25, 0.3) is 0 Å². The van der Waals surface area contributed by atoms with E-state index in [0.717, 1.165) is 12.5 Å². The SMILES string of the molecule is O=C(Nc1cccc(F)c1F)NC1CCOC1. The van der Waals surface area contributed by atoms with Gasteiger partial charge >= 0.3 is 6.03 Å². The molecule has 1 unspecified atom stereocenters. The van der Waals surface area contributed by atoms with E-state index in [0.29, 0.717) is 13.2 Å². The molecule has 1 aromatic rings. The number of rotatable bonds is 2. The number of carbonyl (C=O) groups is 1. The second-order valence-electron chi connectivity index (χ2n) is 3.76. The second kappa shape index (κ2) is 5.09. The Morgan fingerprint density at radius 1 is 1.41 bits per heavy atom. The molecule has 0 aliphatic carbocycles. The number of ether oxygens (including phenoxy) is 1. The van der Waals surface area contributed by atoms with Gasteiger partial charge in [0.1, 0.15) is 0 Å². The van der Waals surface area contributed by atoms with E-state index in [4.69, 9.17) is 4.74 Å². The number of urea groups is 1. The Kier molecular flexibility index (Phi) is 3.53. The monoisotopic (exact) mass is 242 g/mol. The highest BCUT2D eigenvalue weighted by molar-refractivity contribution is 5.89. The number of amides is 2. The number of nitrogens with one attached hydrogen (secondary N) is 2. The molecule has 1 fully saturated rings. The van der Waals surface area contributed by atoms with Crippen molar-refractivity contribution >= 4 is 11.7 Å². The fraction of sp³-hybridized carbons (Fsp3) is 0.364. The molecule has 0 spiro atoms. The molecule has 1 heterocycles. The van der Waals surface area contributed by atoms with E-state index < -0.39 is 17.7 Å². The summed E-state index contributed by atoms with van der Waals surface area (Å²) >= 11 is 0. The van der Waals surface area contributed by atoms with E-state index in [1.165, 1.54) is 12.1 Å². The summed E-state index contributed by atoms with van der Waals surface area (Å²) in [5, 5.41) is 4.87. The van der Waals surface area contributed by atoms with E-state index in [1.807, 2.05) is 0 Å². The van der Waals surface area contributed by atoms with Gasteiger partial charge in [-0.2, -0.15) is 0 Å². The first-order valence-electron chi connectivity index (χ1n) is 5.26. The Balaban J connectivity index is 1.95. The minimum atomic E-state index is -1.06. The zero-order valence-electron chi connectivity index (χ0n) is 9.00. The van der Waals surface area contributed by atoms with Gasteiger partial charge in [-0.15, -0.1) is 0 Å². The van der Waals surface area contributed by atoms with Crippen LogP contribution in [0.4, 0.5) is 19.3 Å². The lowest BCUT2D eigenvalue weighted by Gasteiger charge is -2.12. The Bertz CT molecular complexity index is 420. The summed E-state index contributed by atoms with van der Waals surface area (Å²) in [5.41, 5.74) is -0.179. The van der Waals surface area contributed by atoms with Crippen LogP contribution in [-0.2, 0) is 4.74 Å². The highest BCUT2D eigenvalue weighted by Gasteiger charge is 2.18. The summed E-state index contributed by atoms with van der Waals surface area (Å²) in [5.74, 6) is -2.06. The predicted molar refractivity (Wildman–Crippen MR) is 57.7 cm³/mol. The Labute approximate surface area is 97.0 Å². The van der Waals surface area contributed by atoms with Crippen LogP contribution < -0.4 is 10.6 Å². The van der Waals surface area contributed by atoms with Gasteiger partial charge in [-0.25, -0.2) is 13.6 Å². The first kappa shape index (κ1) is 11.8. The Morgan fingerprint density at radius 2 is 2.24 bits per heavy atom. The van der Waals surface area contributed by atoms with E-state index in [9.17, 15) is 13.6 Å². The van der Waals surface area contributed by atoms with Crippen molar-refractivity contribution in [2.45, 2.75) is 12.5 Å². The number of benzene rings is 1. The summed E-state index contributed by atoms with van der Waals surface area (Å²) < 4.78 is 31.2. The molecule has 0 saturated carbocycles. The van der Waals surface area contributed by atoms with E-state index in [1.54, 1.807) is 0 Å². The molecule has 0 radical (unpaired) electrons. The van der Waals surface area contributed by atoms with Crippen molar-refractivity contribution in [3.63, 3.8) is 0 Å². The van der Waals surface area contributed by atoms with Crippen molar-refractivity contribution < 1.29 is 18.3 Å². The lowest BCUT2D eigenvalue weighted by atomic mass is 10.2. The molecule has 2 rings (SSSR count). The molecule has 2 amide bonds. The van der Waals surface area contributed by atoms with Crippen molar-refractivity contribution in [3.8, 4) is 0 Å². The van der Waals surface area contributed by atoms with Crippen LogP contribution in [0.1, 0.15) is 6.42 Å². The molecule has 4 nitrogen and oxygen atoms in total. The van der Waals surface area contributed by atoms with Gasteiger partial charge in [0.2, 0.25) is 0 Å². The third-order valence-corrected chi connectivity index (χ3v) is 2.46. The largest absolute Gasteiger partial charge is 0.379 e. The molecule has 2 N–H and O–H groups in total. The Hall–Kier alpha value is -1.69. The summed E-state index contributed by atoms with van der Waals surface area (Å²) in [6.45, 7) is 1.04. The lowest BCUT2D eigenvalue weighted by Crippen LogP contribution is -2.38. The summed E-state index contributed by atoms with van der Waals surface area (Å²) in [4.78, 5) is 11.5. The highest BCUT2D eigenvalue weighted by Crippen LogP contribution is 2.16. The van der Waals surface area contributed by atoms with Crippen LogP contribution in [0.3, 0.4) is 0 Å². The zero-order chi connectivity index (χ0) is 12.3. The van der Waals surface area contributed by atoms with Crippen molar-refractivity contribution in [1.82, 2.24) is 5.32 Å². The predicted octanol–water partition coefficient (Wildman–Crippen LogP) is 1.88. The maximum absolute atomic E-state index is 13.2. The average molecular weight is 242 g/mol. The molecule has 92 valence electrons. The number of carbonyl (C=O) groups excluding carboxylic acids is 1. The zero-order valence-corrected chi connectivity index (χ0v) is 9.00. The number of anilines is 1. The molecule has 17 heavy (non-hydrogen) atoms. The average Bonchev–Trinajstić information content (AvgIpc) is 2.77. The summed E-state index contributed by atoms with van der Waals surface area (Å²) in [6.07, 6.45) is 0.721. The van der Waals surface area contributed by atoms with E-state index in [2.05, 4.69) is 10.6 Å². The lowest BCUT2D eigenvalue weighted by molar-refractivity contribution is 0.189. The minimum absolute atomic E-state index is 0.0772. The van der Waals surface area contributed by atoms with E-state index in [-0.39, 0.29) is 11.7 Å². The normalized spacial score (nSPS) is 19.1. The van der Waals surface area contributed by atoms with Gasteiger partial charge in [-0.1, -0.05) is 6.07 Å². The van der Waals surface area contributed by atoms with Gasteiger partial charge < -0.3 is 15.4 Å². The first-order chi connectivity index (χ1) is 8.16. The van der Waals surface area contributed by atoms with Gasteiger partial charge in [0.05, 0.1) is 18.3 Å². The number of hydrogen-bond acceptors (Lipinski definition) is 2. The third kappa shape index (κ3) is 2.91. The maximum Gasteiger partial charge on any atom is 0.319 e. The van der Waals surface area contributed by atoms with E-state index >= 15 is 0 Å². The van der Waals surface area contributed by atoms with Crippen LogP contribution in [-0.4, -0.2) is 25.3 Å². The topological polar surface area (TPSA) is 50.4 Å². The molecule has 1 saturated heterocycles. The molecular formula is C11H12F2N2O2. The van der Waals surface area contributed by atoms with Gasteiger partial charge in [-0.05, 0) is 18.6 Å². The molecule has 1 aliphatic heterocycles.